The Bertz CT molecular complexity index is 826. The van der Waals surface area contributed by atoms with Crippen LogP contribution in [0.2, 0.25) is 0 Å². The third-order valence-electron chi connectivity index (χ3n) is 4.06. The molecule has 0 saturated heterocycles. The van der Waals surface area contributed by atoms with E-state index >= 15 is 0 Å². The number of hydrogen-bond donors (Lipinski definition) is 2. The van der Waals surface area contributed by atoms with E-state index in [-0.39, 0.29) is 24.0 Å². The largest absolute Gasteiger partial charge is 0.352 e. The normalized spacial score (nSPS) is 11.1. The minimum atomic E-state index is 0. The quantitative estimate of drug-likeness (QED) is 0.320. The van der Waals surface area contributed by atoms with Gasteiger partial charge in [0.15, 0.2) is 5.96 Å². The number of aromatic nitrogens is 2. The Morgan fingerprint density at radius 1 is 1.12 bits per heavy atom. The molecule has 0 saturated carbocycles. The second-order valence-electron chi connectivity index (χ2n) is 5.78. The molecular weight excluding hydrogens is 457 g/mol. The summed E-state index contributed by atoms with van der Waals surface area (Å²) in [5, 5.41) is 13.2. The first kappa shape index (κ1) is 20.4. The van der Waals surface area contributed by atoms with Gasteiger partial charge in [-0.05, 0) is 41.1 Å². The van der Waals surface area contributed by atoms with Gasteiger partial charge >= 0.3 is 0 Å². The first-order valence-corrected chi connectivity index (χ1v) is 9.16. The van der Waals surface area contributed by atoms with Crippen molar-refractivity contribution in [2.75, 3.05) is 7.05 Å². The molecule has 7 heteroatoms. The number of aryl methyl sites for hydroxylation is 1. The molecule has 0 radical (unpaired) electrons. The van der Waals surface area contributed by atoms with Gasteiger partial charge < -0.3 is 10.6 Å². The summed E-state index contributed by atoms with van der Waals surface area (Å²) >= 11 is 1.77. The summed E-state index contributed by atoms with van der Waals surface area (Å²) in [6.45, 7) is 4.42. The van der Waals surface area contributed by atoms with Crippen LogP contribution in [0.15, 0.2) is 59.2 Å². The minimum Gasteiger partial charge on any atom is -0.352 e. The topological polar surface area (TPSA) is 54.2 Å². The predicted octanol–water partition coefficient (Wildman–Crippen LogP) is 3.78. The highest BCUT2D eigenvalue weighted by atomic mass is 127. The number of thiophene rings is 1. The van der Waals surface area contributed by atoms with Crippen molar-refractivity contribution in [1.82, 2.24) is 20.4 Å². The van der Waals surface area contributed by atoms with Crippen LogP contribution in [0.5, 0.6) is 0 Å². The molecule has 1 aromatic carbocycles. The Labute approximate surface area is 175 Å². The molecule has 3 aromatic rings. The van der Waals surface area contributed by atoms with Crippen LogP contribution in [0.1, 0.15) is 21.6 Å². The lowest BCUT2D eigenvalue weighted by Crippen LogP contribution is -2.36. The number of nitrogens with one attached hydrogen (secondary N) is 2. The molecule has 0 unspecified atom stereocenters. The Morgan fingerprint density at radius 3 is 2.54 bits per heavy atom. The summed E-state index contributed by atoms with van der Waals surface area (Å²) in [6.07, 6.45) is 3.78. The average molecular weight is 481 g/mol. The SMILES string of the molecule is CN=C(NCc1ccccc1Cn1cccn1)NCc1sccc1C.I. The van der Waals surface area contributed by atoms with Crippen LogP contribution in [0.25, 0.3) is 0 Å². The van der Waals surface area contributed by atoms with Gasteiger partial charge in [0.25, 0.3) is 0 Å². The molecule has 2 aromatic heterocycles. The van der Waals surface area contributed by atoms with Gasteiger partial charge in [0, 0.05) is 30.9 Å². The van der Waals surface area contributed by atoms with E-state index in [4.69, 9.17) is 0 Å². The van der Waals surface area contributed by atoms with E-state index in [0.717, 1.165) is 25.6 Å². The molecule has 26 heavy (non-hydrogen) atoms. The standard InChI is InChI=1S/C19H23N5S.HI/c1-15-8-11-25-18(15)13-22-19(20-2)21-12-16-6-3-4-7-17(16)14-24-10-5-9-23-24;/h3-11H,12-14H2,1-2H3,(H2,20,21,22);1H. The second kappa shape index (κ2) is 10.3. The summed E-state index contributed by atoms with van der Waals surface area (Å²) in [5.41, 5.74) is 3.81. The number of aliphatic imine (C=N–C) groups is 1. The van der Waals surface area contributed by atoms with Gasteiger partial charge in [0.05, 0.1) is 13.1 Å². The zero-order chi connectivity index (χ0) is 17.5. The fourth-order valence-corrected chi connectivity index (χ4v) is 3.45. The van der Waals surface area contributed by atoms with Crippen molar-refractivity contribution in [3.05, 3.63) is 75.7 Å². The fourth-order valence-electron chi connectivity index (χ4n) is 2.60. The molecule has 0 amide bonds. The Kier molecular flexibility index (Phi) is 8.11. The first-order chi connectivity index (χ1) is 12.3. The second-order valence-corrected chi connectivity index (χ2v) is 6.78. The van der Waals surface area contributed by atoms with E-state index in [1.54, 1.807) is 24.6 Å². The lowest BCUT2D eigenvalue weighted by molar-refractivity contribution is 0.677. The van der Waals surface area contributed by atoms with Gasteiger partial charge in [-0.25, -0.2) is 0 Å². The molecule has 0 fully saturated rings. The molecule has 5 nitrogen and oxygen atoms in total. The Hall–Kier alpha value is -1.87. The number of hydrogen-bond acceptors (Lipinski definition) is 3. The molecule has 3 rings (SSSR count). The average Bonchev–Trinajstić information content (AvgIpc) is 3.28. The molecule has 2 N–H and O–H groups in total. The number of guanidine groups is 1. The monoisotopic (exact) mass is 481 g/mol. The zero-order valence-electron chi connectivity index (χ0n) is 15.0. The van der Waals surface area contributed by atoms with Crippen LogP contribution in [-0.4, -0.2) is 22.8 Å². The van der Waals surface area contributed by atoms with E-state index < -0.39 is 0 Å². The van der Waals surface area contributed by atoms with Gasteiger partial charge in [0.2, 0.25) is 0 Å². The molecule has 0 aliphatic heterocycles. The van der Waals surface area contributed by atoms with Crippen LogP contribution in [0, 0.1) is 6.92 Å². The van der Waals surface area contributed by atoms with E-state index in [1.807, 2.05) is 16.9 Å². The molecule has 0 spiro atoms. The van der Waals surface area contributed by atoms with Gasteiger partial charge in [-0.15, -0.1) is 35.3 Å². The molecule has 0 bridgehead atoms. The fraction of sp³-hybridized carbons (Fsp3) is 0.263. The van der Waals surface area contributed by atoms with E-state index in [1.165, 1.54) is 21.6 Å². The molecule has 138 valence electrons. The number of halogens is 1. The molecule has 0 aliphatic carbocycles. The summed E-state index contributed by atoms with van der Waals surface area (Å²) in [4.78, 5) is 5.65. The number of rotatable bonds is 6. The smallest absolute Gasteiger partial charge is 0.191 e. The van der Waals surface area contributed by atoms with Crippen LogP contribution >= 0.6 is 35.3 Å². The highest BCUT2D eigenvalue weighted by Crippen LogP contribution is 2.15. The third kappa shape index (κ3) is 5.57. The Morgan fingerprint density at radius 2 is 1.88 bits per heavy atom. The van der Waals surface area contributed by atoms with Gasteiger partial charge in [-0.1, -0.05) is 24.3 Å². The predicted molar refractivity (Wildman–Crippen MR) is 119 cm³/mol. The maximum Gasteiger partial charge on any atom is 0.191 e. The Balaban J connectivity index is 0.00000243. The van der Waals surface area contributed by atoms with E-state index in [0.29, 0.717) is 0 Å². The molecule has 2 heterocycles. The van der Waals surface area contributed by atoms with Crippen molar-refractivity contribution in [2.45, 2.75) is 26.6 Å². The molecule has 0 aliphatic rings. The van der Waals surface area contributed by atoms with Crippen LogP contribution in [0.3, 0.4) is 0 Å². The summed E-state index contributed by atoms with van der Waals surface area (Å²) < 4.78 is 1.94. The van der Waals surface area contributed by atoms with Crippen molar-refractivity contribution in [3.8, 4) is 0 Å². The highest BCUT2D eigenvalue weighted by molar-refractivity contribution is 14.0. The van der Waals surface area contributed by atoms with Crippen molar-refractivity contribution in [3.63, 3.8) is 0 Å². The van der Waals surface area contributed by atoms with Crippen LogP contribution < -0.4 is 10.6 Å². The lowest BCUT2D eigenvalue weighted by atomic mass is 10.1. The van der Waals surface area contributed by atoms with Gasteiger partial charge in [-0.2, -0.15) is 5.10 Å². The van der Waals surface area contributed by atoms with E-state index in [2.05, 4.69) is 63.4 Å². The number of benzene rings is 1. The maximum absolute atomic E-state index is 4.32. The minimum absolute atomic E-state index is 0. The molecule has 0 atom stereocenters. The molecular formula is C19H24IN5S. The lowest BCUT2D eigenvalue weighted by Gasteiger charge is -2.14. The van der Waals surface area contributed by atoms with Gasteiger partial charge in [0.1, 0.15) is 0 Å². The van der Waals surface area contributed by atoms with Crippen molar-refractivity contribution in [2.24, 2.45) is 4.99 Å². The number of nitrogens with zero attached hydrogens (tertiary/aromatic N) is 3. The van der Waals surface area contributed by atoms with Gasteiger partial charge in [-0.3, -0.25) is 9.67 Å². The summed E-state index contributed by atoms with van der Waals surface area (Å²) in [5.74, 6) is 0.807. The summed E-state index contributed by atoms with van der Waals surface area (Å²) in [7, 11) is 1.80. The van der Waals surface area contributed by atoms with Crippen LogP contribution in [0.4, 0.5) is 0 Å². The van der Waals surface area contributed by atoms with Crippen molar-refractivity contribution in [1.29, 1.82) is 0 Å². The zero-order valence-corrected chi connectivity index (χ0v) is 18.1. The van der Waals surface area contributed by atoms with Crippen molar-refractivity contribution >= 4 is 41.3 Å². The first-order valence-electron chi connectivity index (χ1n) is 8.28. The van der Waals surface area contributed by atoms with Crippen LogP contribution in [-0.2, 0) is 19.6 Å². The highest BCUT2D eigenvalue weighted by Gasteiger charge is 2.06. The summed E-state index contributed by atoms with van der Waals surface area (Å²) in [6, 6.07) is 12.5. The van der Waals surface area contributed by atoms with Crippen molar-refractivity contribution < 1.29 is 0 Å². The van der Waals surface area contributed by atoms with E-state index in [9.17, 15) is 0 Å². The maximum atomic E-state index is 4.32. The third-order valence-corrected chi connectivity index (χ3v) is 5.09.